The summed E-state index contributed by atoms with van der Waals surface area (Å²) in [7, 11) is 1.64. The van der Waals surface area contributed by atoms with Gasteiger partial charge in [-0.05, 0) is 18.9 Å². The summed E-state index contributed by atoms with van der Waals surface area (Å²) in [6.45, 7) is 3.07. The van der Waals surface area contributed by atoms with Gasteiger partial charge in [-0.1, -0.05) is 30.3 Å². The number of rotatable bonds is 9. The maximum atomic E-state index is 12.6. The third-order valence-corrected chi connectivity index (χ3v) is 6.27. The van der Waals surface area contributed by atoms with E-state index in [9.17, 15) is 9.59 Å². The molecule has 8 heteroatoms. The molecule has 2 heterocycles. The highest BCUT2D eigenvalue weighted by atomic mass is 32.2. The van der Waals surface area contributed by atoms with Crippen molar-refractivity contribution in [1.82, 2.24) is 15.3 Å². The van der Waals surface area contributed by atoms with Crippen molar-refractivity contribution < 1.29 is 9.53 Å². The number of benzene rings is 1. The molecular formula is C20H23N3O3S2. The average molecular weight is 418 g/mol. The third-order valence-electron chi connectivity index (χ3n) is 4.24. The molecule has 28 heavy (non-hydrogen) atoms. The number of thioether (sulfide) groups is 1. The number of nitrogens with zero attached hydrogens (tertiary/aromatic N) is 1. The minimum absolute atomic E-state index is 0.0213. The fraction of sp³-hybridized carbons (Fsp3) is 0.350. The van der Waals surface area contributed by atoms with Gasteiger partial charge in [0.1, 0.15) is 10.7 Å². The van der Waals surface area contributed by atoms with E-state index < -0.39 is 0 Å². The Morgan fingerprint density at radius 1 is 1.36 bits per heavy atom. The first kappa shape index (κ1) is 20.6. The van der Waals surface area contributed by atoms with E-state index >= 15 is 0 Å². The standard InChI is InChI=1S/C20H23N3O3S2/c1-13(18(24)21-9-6-10-26-2)27-12-16-22-19(25)17-15(11-28-20(17)23-16)14-7-4-3-5-8-14/h3-5,7-8,11,13H,6,9-10,12H2,1-2H3,(H,21,24)(H,22,23,25). The van der Waals surface area contributed by atoms with Gasteiger partial charge in [0.2, 0.25) is 5.91 Å². The molecule has 1 amide bonds. The molecule has 0 spiro atoms. The van der Waals surface area contributed by atoms with Gasteiger partial charge in [0.15, 0.2) is 0 Å². The van der Waals surface area contributed by atoms with Crippen LogP contribution in [-0.2, 0) is 15.3 Å². The number of hydrogen-bond acceptors (Lipinski definition) is 6. The van der Waals surface area contributed by atoms with Crippen LogP contribution in [-0.4, -0.2) is 41.4 Å². The van der Waals surface area contributed by atoms with Crippen LogP contribution in [0.4, 0.5) is 0 Å². The Labute approximate surface area is 171 Å². The minimum atomic E-state index is -0.230. The normalized spacial score (nSPS) is 12.2. The molecule has 0 radical (unpaired) electrons. The third kappa shape index (κ3) is 5.01. The zero-order valence-corrected chi connectivity index (χ0v) is 17.5. The van der Waals surface area contributed by atoms with E-state index in [0.29, 0.717) is 30.1 Å². The fourth-order valence-electron chi connectivity index (χ4n) is 2.74. The fourth-order valence-corrected chi connectivity index (χ4v) is 4.49. The van der Waals surface area contributed by atoms with Crippen molar-refractivity contribution in [3.05, 3.63) is 51.9 Å². The first-order chi connectivity index (χ1) is 13.6. The van der Waals surface area contributed by atoms with E-state index in [1.807, 2.05) is 42.6 Å². The Bertz CT molecular complexity index is 985. The molecule has 0 saturated heterocycles. The molecule has 0 aliphatic rings. The topological polar surface area (TPSA) is 84.1 Å². The lowest BCUT2D eigenvalue weighted by atomic mass is 10.1. The second kappa shape index (κ2) is 9.86. The highest BCUT2D eigenvalue weighted by molar-refractivity contribution is 7.99. The van der Waals surface area contributed by atoms with Gasteiger partial charge in [0.05, 0.1) is 16.4 Å². The highest BCUT2D eigenvalue weighted by Crippen LogP contribution is 2.30. The van der Waals surface area contributed by atoms with Crippen molar-refractivity contribution in [2.75, 3.05) is 20.3 Å². The minimum Gasteiger partial charge on any atom is -0.385 e. The number of ether oxygens (including phenoxy) is 1. The molecule has 1 atom stereocenters. The van der Waals surface area contributed by atoms with Gasteiger partial charge < -0.3 is 15.0 Å². The average Bonchev–Trinajstić information content (AvgIpc) is 3.14. The number of fused-ring (bicyclic) bond motifs is 1. The zero-order chi connectivity index (χ0) is 19.9. The summed E-state index contributed by atoms with van der Waals surface area (Å²) in [6, 6.07) is 9.82. The quantitative estimate of drug-likeness (QED) is 0.521. The molecule has 3 rings (SSSR count). The van der Waals surface area contributed by atoms with Crippen molar-refractivity contribution in [2.24, 2.45) is 0 Å². The Hall–Kier alpha value is -2.16. The number of hydrogen-bond donors (Lipinski definition) is 2. The second-order valence-corrected chi connectivity index (χ2v) is 8.49. The number of nitrogens with one attached hydrogen (secondary N) is 2. The predicted octanol–water partition coefficient (Wildman–Crippen LogP) is 3.43. The van der Waals surface area contributed by atoms with E-state index in [-0.39, 0.29) is 16.7 Å². The molecule has 3 aromatic rings. The van der Waals surface area contributed by atoms with Gasteiger partial charge in [-0.2, -0.15) is 0 Å². The summed E-state index contributed by atoms with van der Waals surface area (Å²) >= 11 is 2.91. The molecule has 6 nitrogen and oxygen atoms in total. The lowest BCUT2D eigenvalue weighted by Crippen LogP contribution is -2.32. The van der Waals surface area contributed by atoms with E-state index in [1.165, 1.54) is 23.1 Å². The number of aromatic amines is 1. The van der Waals surface area contributed by atoms with Crippen LogP contribution in [0.5, 0.6) is 0 Å². The van der Waals surface area contributed by atoms with Crippen molar-refractivity contribution in [3.63, 3.8) is 0 Å². The summed E-state index contributed by atoms with van der Waals surface area (Å²) in [5.41, 5.74) is 1.76. The van der Waals surface area contributed by atoms with Crippen LogP contribution < -0.4 is 10.9 Å². The molecule has 148 valence electrons. The van der Waals surface area contributed by atoms with Crippen molar-refractivity contribution in [3.8, 4) is 11.1 Å². The Balaban J connectivity index is 1.67. The van der Waals surface area contributed by atoms with Crippen LogP contribution in [0.1, 0.15) is 19.2 Å². The molecule has 0 bridgehead atoms. The maximum Gasteiger partial charge on any atom is 0.260 e. The van der Waals surface area contributed by atoms with E-state index in [0.717, 1.165) is 22.4 Å². The lowest BCUT2D eigenvalue weighted by molar-refractivity contribution is -0.120. The number of methoxy groups -OCH3 is 1. The summed E-state index contributed by atoms with van der Waals surface area (Å²) in [6.07, 6.45) is 0.785. The summed E-state index contributed by atoms with van der Waals surface area (Å²) in [4.78, 5) is 32.9. The van der Waals surface area contributed by atoms with Gasteiger partial charge in [-0.15, -0.1) is 23.1 Å². The van der Waals surface area contributed by atoms with Gasteiger partial charge in [-0.25, -0.2) is 4.98 Å². The van der Waals surface area contributed by atoms with Crippen LogP contribution in [0.3, 0.4) is 0 Å². The first-order valence-corrected chi connectivity index (χ1v) is 11.0. The number of carbonyl (C=O) groups excluding carboxylic acids is 1. The van der Waals surface area contributed by atoms with Crippen LogP contribution in [0.15, 0.2) is 40.5 Å². The number of H-pyrrole nitrogens is 1. The summed E-state index contributed by atoms with van der Waals surface area (Å²) in [5.74, 6) is 1.03. The van der Waals surface area contributed by atoms with E-state index in [1.54, 1.807) is 7.11 Å². The lowest BCUT2D eigenvalue weighted by Gasteiger charge is -2.11. The number of amides is 1. The largest absolute Gasteiger partial charge is 0.385 e. The first-order valence-electron chi connectivity index (χ1n) is 9.04. The predicted molar refractivity (Wildman–Crippen MR) is 116 cm³/mol. The maximum absolute atomic E-state index is 12.6. The van der Waals surface area contributed by atoms with Crippen molar-refractivity contribution in [1.29, 1.82) is 0 Å². The Morgan fingerprint density at radius 2 is 2.14 bits per heavy atom. The number of aromatic nitrogens is 2. The second-order valence-electron chi connectivity index (χ2n) is 6.30. The molecule has 0 aliphatic carbocycles. The Kier molecular flexibility index (Phi) is 7.24. The summed E-state index contributed by atoms with van der Waals surface area (Å²) in [5, 5.41) is 5.24. The van der Waals surface area contributed by atoms with Gasteiger partial charge in [-0.3, -0.25) is 9.59 Å². The molecular weight excluding hydrogens is 394 g/mol. The van der Waals surface area contributed by atoms with Gasteiger partial charge in [0.25, 0.3) is 5.56 Å². The smallest absolute Gasteiger partial charge is 0.260 e. The van der Waals surface area contributed by atoms with Crippen LogP contribution in [0, 0.1) is 0 Å². The van der Waals surface area contributed by atoms with Crippen LogP contribution in [0.25, 0.3) is 21.3 Å². The van der Waals surface area contributed by atoms with Crippen molar-refractivity contribution in [2.45, 2.75) is 24.3 Å². The molecule has 2 N–H and O–H groups in total. The number of carbonyl (C=O) groups is 1. The van der Waals surface area contributed by atoms with Crippen LogP contribution >= 0.6 is 23.1 Å². The van der Waals surface area contributed by atoms with E-state index in [2.05, 4.69) is 15.3 Å². The monoisotopic (exact) mass is 417 g/mol. The highest BCUT2D eigenvalue weighted by Gasteiger charge is 2.16. The molecule has 1 unspecified atom stereocenters. The van der Waals surface area contributed by atoms with Gasteiger partial charge >= 0.3 is 0 Å². The SMILES string of the molecule is COCCCNC(=O)C(C)SCc1nc2scc(-c3ccccc3)c2c(=O)[nH]1. The molecule has 0 fully saturated rings. The molecule has 0 aliphatic heterocycles. The molecule has 1 aromatic carbocycles. The molecule has 0 saturated carbocycles. The number of thiophene rings is 1. The van der Waals surface area contributed by atoms with Gasteiger partial charge in [0, 0.05) is 31.2 Å². The van der Waals surface area contributed by atoms with E-state index in [4.69, 9.17) is 4.74 Å². The molecule has 2 aromatic heterocycles. The van der Waals surface area contributed by atoms with Crippen molar-refractivity contribution >= 4 is 39.2 Å². The Morgan fingerprint density at radius 3 is 2.89 bits per heavy atom. The zero-order valence-electron chi connectivity index (χ0n) is 15.9. The van der Waals surface area contributed by atoms with Crippen LogP contribution in [0.2, 0.25) is 0 Å². The summed E-state index contributed by atoms with van der Waals surface area (Å²) < 4.78 is 4.97.